The Labute approximate surface area is 416 Å². The summed E-state index contributed by atoms with van der Waals surface area (Å²) in [6, 6.07) is -2.33. The molecule has 8 amide bonds. The molecule has 26 heteroatoms. The number of nitrogens with one attached hydrogen (secondary N) is 5. The Hall–Kier alpha value is -6.93. The zero-order chi connectivity index (χ0) is 53.1. The van der Waals surface area contributed by atoms with Gasteiger partial charge in [0.05, 0.1) is 19.1 Å². The van der Waals surface area contributed by atoms with Crippen molar-refractivity contribution in [1.29, 1.82) is 0 Å². The van der Waals surface area contributed by atoms with E-state index in [2.05, 4.69) is 31.6 Å². The Morgan fingerprint density at radius 2 is 1.15 bits per heavy atom. The van der Waals surface area contributed by atoms with Crippen molar-refractivity contribution >= 4 is 65.2 Å². The molecule has 0 saturated carbocycles. The maximum Gasteiger partial charge on any atom is 0.328 e. The number of hydrogen-bond donors (Lipinski definition) is 12. The molecule has 1 aromatic carbocycles. The lowest BCUT2D eigenvalue weighted by Gasteiger charge is -2.32. The van der Waals surface area contributed by atoms with Crippen LogP contribution >= 0.6 is 0 Å². The zero-order valence-corrected chi connectivity index (χ0v) is 40.5. The minimum Gasteiger partial charge on any atom is -0.481 e. The number of amides is 8. The van der Waals surface area contributed by atoms with E-state index in [9.17, 15) is 63.3 Å². The SMILES string of the molecule is C[C@H](NC(=O)[C@@H]1CCCN1C(=O)[C@H](CC(=O)O)NC(=O)[C@H](CCCCN)NC(=O)[C@@H](N)Cc1ccccc1)C(=O)N1CCC[C@H]1C(=O)N[C@@H](CCCN=C(N)N)C(=O)N1CCC[C@H]1C(=O)N[C@@H](CO)C(=O)O. The number of hydrogen-bond acceptors (Lipinski definition) is 14. The monoisotopic (exact) mass is 1010 g/mol. The topological polar surface area (TPSA) is 418 Å². The molecule has 0 aromatic heterocycles. The van der Waals surface area contributed by atoms with Gasteiger partial charge in [-0.25, -0.2) is 4.79 Å². The normalized spacial score (nSPS) is 19.9. The number of aliphatic hydroxyl groups is 1. The standard InChI is InChI=1S/C46H71N13O13/c1-26(42(68)57-20-8-16-34(57)40(66)54-30(14-7-19-51-46(49)50)43(69)58-21-10-17-35(58)41(67)56-32(25-60)45(71)72)52-39(65)33-15-9-22-59(33)44(70)31(24-36(61)62)55-38(64)29(13-5-6-18-47)53-37(63)28(48)23-27-11-3-2-4-12-27/h2-4,11-12,26,28-35,60H,5-10,13-25,47-48H2,1H3,(H,52,65)(H,53,63)(H,54,66)(H,55,64)(H,56,67)(H,61,62)(H,71,72)(H4,49,50,51)/t26-,28-,29-,30-,31-,32-,33-,34-,35-/m0/s1. The number of likely N-dealkylation sites (tertiary alicyclic amines) is 3. The molecule has 3 heterocycles. The van der Waals surface area contributed by atoms with E-state index < -0.39 is 127 Å². The molecule has 0 bridgehead atoms. The van der Waals surface area contributed by atoms with E-state index in [4.69, 9.17) is 22.9 Å². The van der Waals surface area contributed by atoms with Crippen LogP contribution in [0.2, 0.25) is 0 Å². The first-order chi connectivity index (χ1) is 34.3. The molecule has 0 unspecified atom stereocenters. The molecule has 3 aliphatic heterocycles. The number of carbonyl (C=O) groups is 10. The number of guanidine groups is 1. The van der Waals surface area contributed by atoms with Crippen molar-refractivity contribution in [2.45, 2.75) is 145 Å². The molecule has 0 aliphatic carbocycles. The van der Waals surface area contributed by atoms with Crippen molar-refractivity contribution in [3.05, 3.63) is 35.9 Å². The summed E-state index contributed by atoms with van der Waals surface area (Å²) in [5, 5.41) is 41.3. The second-order valence-electron chi connectivity index (χ2n) is 18.2. The minimum atomic E-state index is -1.65. The smallest absolute Gasteiger partial charge is 0.328 e. The van der Waals surface area contributed by atoms with Gasteiger partial charge in [0.2, 0.25) is 47.3 Å². The third-order valence-corrected chi connectivity index (χ3v) is 12.8. The molecule has 9 atom stereocenters. The molecule has 0 radical (unpaired) electrons. The average molecular weight is 1010 g/mol. The molecular weight excluding hydrogens is 943 g/mol. The Kier molecular flexibility index (Phi) is 22.6. The first-order valence-electron chi connectivity index (χ1n) is 24.3. The van der Waals surface area contributed by atoms with Gasteiger partial charge in [-0.3, -0.25) is 48.1 Å². The number of carboxylic acids is 2. The van der Waals surface area contributed by atoms with Gasteiger partial charge in [-0.05, 0) is 96.1 Å². The molecule has 72 heavy (non-hydrogen) atoms. The van der Waals surface area contributed by atoms with Crippen molar-refractivity contribution in [3.63, 3.8) is 0 Å². The average Bonchev–Trinajstić information content (AvgIpc) is 4.15. The Morgan fingerprint density at radius 1 is 0.653 bits per heavy atom. The first-order valence-corrected chi connectivity index (χ1v) is 24.3. The Balaban J connectivity index is 1.43. The number of aliphatic carboxylic acids is 2. The second-order valence-corrected chi connectivity index (χ2v) is 18.2. The summed E-state index contributed by atoms with van der Waals surface area (Å²) in [5.74, 6) is -8.97. The molecule has 398 valence electrons. The van der Waals surface area contributed by atoms with Crippen molar-refractivity contribution in [2.24, 2.45) is 27.9 Å². The largest absolute Gasteiger partial charge is 0.481 e. The van der Waals surface area contributed by atoms with Crippen LogP contribution < -0.4 is 49.5 Å². The Morgan fingerprint density at radius 3 is 1.67 bits per heavy atom. The number of aliphatic hydroxyl groups excluding tert-OH is 1. The maximum atomic E-state index is 14.1. The van der Waals surface area contributed by atoms with Gasteiger partial charge in [-0.2, -0.15) is 0 Å². The van der Waals surface area contributed by atoms with Gasteiger partial charge in [-0.15, -0.1) is 0 Å². The van der Waals surface area contributed by atoms with Gasteiger partial charge in [0.15, 0.2) is 5.96 Å². The predicted octanol–water partition coefficient (Wildman–Crippen LogP) is -4.29. The van der Waals surface area contributed by atoms with E-state index in [1.165, 1.54) is 16.7 Å². The minimum absolute atomic E-state index is 0.0111. The fraction of sp³-hybridized carbons (Fsp3) is 0.630. The first kappa shape index (κ1) is 57.6. The van der Waals surface area contributed by atoms with Crippen molar-refractivity contribution < 1.29 is 63.3 Å². The molecule has 4 rings (SSSR count). The summed E-state index contributed by atoms with van der Waals surface area (Å²) in [6.45, 7) is 1.15. The molecule has 1 aromatic rings. The number of nitrogens with zero attached hydrogens (tertiary/aromatic N) is 4. The number of nitrogens with two attached hydrogens (primary N) is 4. The number of carboxylic acid groups (broad SMARTS) is 2. The molecule has 3 fully saturated rings. The van der Waals surface area contributed by atoms with Crippen LogP contribution in [0.25, 0.3) is 0 Å². The van der Waals surface area contributed by atoms with Crippen LogP contribution in [0, 0.1) is 0 Å². The summed E-state index contributed by atoms with van der Waals surface area (Å²) < 4.78 is 0. The van der Waals surface area contributed by atoms with Gasteiger partial charge in [-0.1, -0.05) is 30.3 Å². The lowest BCUT2D eigenvalue weighted by atomic mass is 10.0. The van der Waals surface area contributed by atoms with Crippen molar-refractivity contribution in [1.82, 2.24) is 41.3 Å². The third kappa shape index (κ3) is 16.6. The van der Waals surface area contributed by atoms with Gasteiger partial charge in [0, 0.05) is 26.2 Å². The fourth-order valence-electron chi connectivity index (χ4n) is 9.06. The summed E-state index contributed by atoms with van der Waals surface area (Å²) in [7, 11) is 0. The number of carbonyl (C=O) groups excluding carboxylic acids is 8. The van der Waals surface area contributed by atoms with Crippen LogP contribution in [-0.4, -0.2) is 189 Å². The van der Waals surface area contributed by atoms with Crippen LogP contribution in [0.3, 0.4) is 0 Å². The molecule has 26 nitrogen and oxygen atoms in total. The molecule has 16 N–H and O–H groups in total. The molecule has 3 saturated heterocycles. The number of unbranched alkanes of at least 4 members (excludes halogenated alkanes) is 1. The van der Waals surface area contributed by atoms with E-state index in [1.54, 1.807) is 24.3 Å². The molecule has 0 spiro atoms. The van der Waals surface area contributed by atoms with E-state index >= 15 is 0 Å². The van der Waals surface area contributed by atoms with Crippen LogP contribution in [-0.2, 0) is 54.4 Å². The summed E-state index contributed by atoms with van der Waals surface area (Å²) in [5.41, 5.74) is 23.5. The highest BCUT2D eigenvalue weighted by molar-refractivity contribution is 5.99. The highest BCUT2D eigenvalue weighted by Gasteiger charge is 2.44. The molecule has 3 aliphatic rings. The lowest BCUT2D eigenvalue weighted by Crippen LogP contribution is -2.59. The number of benzene rings is 1. The quantitative estimate of drug-likeness (QED) is 0.0225. The van der Waals surface area contributed by atoms with Gasteiger partial charge < -0.3 is 79.5 Å². The molecular formula is C46H71N13O13. The van der Waals surface area contributed by atoms with Crippen LogP contribution in [0.15, 0.2) is 35.3 Å². The lowest BCUT2D eigenvalue weighted by molar-refractivity contribution is -0.147. The van der Waals surface area contributed by atoms with Crippen LogP contribution in [0.5, 0.6) is 0 Å². The van der Waals surface area contributed by atoms with Gasteiger partial charge >= 0.3 is 11.9 Å². The van der Waals surface area contributed by atoms with E-state index in [1.807, 2.05) is 6.07 Å². The highest BCUT2D eigenvalue weighted by Crippen LogP contribution is 2.24. The van der Waals surface area contributed by atoms with Gasteiger partial charge in [0.25, 0.3) is 0 Å². The number of aliphatic imine (C=N–C) groups is 1. The third-order valence-electron chi connectivity index (χ3n) is 12.8. The van der Waals surface area contributed by atoms with Crippen LogP contribution in [0.1, 0.15) is 89.5 Å². The van der Waals surface area contributed by atoms with Crippen molar-refractivity contribution in [2.75, 3.05) is 39.3 Å². The van der Waals surface area contributed by atoms with Crippen molar-refractivity contribution in [3.8, 4) is 0 Å². The highest BCUT2D eigenvalue weighted by atomic mass is 16.4. The Bertz CT molecular complexity index is 2130. The van der Waals surface area contributed by atoms with E-state index in [0.717, 1.165) is 10.5 Å². The fourth-order valence-corrected chi connectivity index (χ4v) is 9.06. The zero-order valence-electron chi connectivity index (χ0n) is 40.5. The van der Waals surface area contributed by atoms with Crippen LogP contribution in [0.4, 0.5) is 0 Å². The van der Waals surface area contributed by atoms with E-state index in [-0.39, 0.29) is 77.1 Å². The number of rotatable bonds is 27. The maximum absolute atomic E-state index is 14.1. The second kappa shape index (κ2) is 28.2. The van der Waals surface area contributed by atoms with E-state index in [0.29, 0.717) is 38.6 Å². The predicted molar refractivity (Wildman–Crippen MR) is 257 cm³/mol. The summed E-state index contributed by atoms with van der Waals surface area (Å²) >= 11 is 0. The van der Waals surface area contributed by atoms with Gasteiger partial charge in [0.1, 0.15) is 48.3 Å². The summed E-state index contributed by atoms with van der Waals surface area (Å²) in [6.07, 6.45) is 2.17. The summed E-state index contributed by atoms with van der Waals surface area (Å²) in [4.78, 5) is 141.